The van der Waals surface area contributed by atoms with Crippen molar-refractivity contribution in [3.8, 4) is 22.6 Å². The third-order valence-electron chi connectivity index (χ3n) is 2.49. The highest BCUT2D eigenvalue weighted by molar-refractivity contribution is 5.69. The van der Waals surface area contributed by atoms with E-state index in [1.807, 2.05) is 0 Å². The smallest absolute Gasteiger partial charge is 0.411 e. The van der Waals surface area contributed by atoms with Crippen LogP contribution < -0.4 is 15.2 Å². The molecule has 2 aromatic rings. The van der Waals surface area contributed by atoms with Gasteiger partial charge < -0.3 is 15.2 Å². The molecule has 1 amide bonds. The van der Waals surface area contributed by atoms with Gasteiger partial charge >= 0.3 is 12.5 Å². The van der Waals surface area contributed by atoms with E-state index >= 15 is 0 Å². The molecule has 110 valence electrons. The Morgan fingerprint density at radius 2 is 1.29 bits per heavy atom. The van der Waals surface area contributed by atoms with Gasteiger partial charge in [0.2, 0.25) is 0 Å². The lowest BCUT2D eigenvalue weighted by Crippen LogP contribution is -2.16. The largest absolute Gasteiger partial charge is 0.573 e. The zero-order chi connectivity index (χ0) is 15.5. The fourth-order valence-corrected chi connectivity index (χ4v) is 1.68. The number of primary amides is 1. The van der Waals surface area contributed by atoms with Crippen LogP contribution in [0.2, 0.25) is 0 Å². The molecule has 0 bridgehead atoms. The number of ether oxygens (including phenoxy) is 2. The summed E-state index contributed by atoms with van der Waals surface area (Å²) in [7, 11) is 0. The minimum atomic E-state index is -4.71. The molecule has 4 nitrogen and oxygen atoms in total. The normalized spacial score (nSPS) is 11.0. The van der Waals surface area contributed by atoms with E-state index in [0.29, 0.717) is 5.56 Å². The van der Waals surface area contributed by atoms with E-state index in [2.05, 4.69) is 9.47 Å². The SMILES string of the molecule is NC(=O)Oc1ccc(-c2ccc(OC(F)(F)F)cc2)cc1. The Morgan fingerprint density at radius 3 is 1.67 bits per heavy atom. The van der Waals surface area contributed by atoms with Crippen molar-refractivity contribution in [3.63, 3.8) is 0 Å². The van der Waals surface area contributed by atoms with Crippen LogP contribution in [-0.2, 0) is 0 Å². The van der Waals surface area contributed by atoms with Crippen LogP contribution in [0.3, 0.4) is 0 Å². The van der Waals surface area contributed by atoms with Gasteiger partial charge in [-0.05, 0) is 35.4 Å². The van der Waals surface area contributed by atoms with E-state index < -0.39 is 12.5 Å². The maximum absolute atomic E-state index is 12.0. The summed E-state index contributed by atoms with van der Waals surface area (Å²) in [5, 5.41) is 0. The fraction of sp³-hybridized carbons (Fsp3) is 0.0714. The Hall–Kier alpha value is -2.70. The monoisotopic (exact) mass is 297 g/mol. The van der Waals surface area contributed by atoms with Crippen LogP contribution in [0.1, 0.15) is 0 Å². The molecule has 0 atom stereocenters. The summed E-state index contributed by atoms with van der Waals surface area (Å²) in [6.07, 6.45) is -5.63. The van der Waals surface area contributed by atoms with Crippen LogP contribution in [-0.4, -0.2) is 12.5 Å². The van der Waals surface area contributed by atoms with Crippen molar-refractivity contribution in [3.05, 3.63) is 48.5 Å². The van der Waals surface area contributed by atoms with E-state index in [1.165, 1.54) is 36.4 Å². The van der Waals surface area contributed by atoms with Gasteiger partial charge in [0.1, 0.15) is 11.5 Å². The van der Waals surface area contributed by atoms with Gasteiger partial charge in [0.05, 0.1) is 0 Å². The average molecular weight is 297 g/mol. The van der Waals surface area contributed by atoms with Gasteiger partial charge in [-0.3, -0.25) is 0 Å². The van der Waals surface area contributed by atoms with Crippen LogP contribution in [0.4, 0.5) is 18.0 Å². The Kier molecular flexibility index (Phi) is 4.02. The van der Waals surface area contributed by atoms with Crippen molar-refractivity contribution in [1.29, 1.82) is 0 Å². The van der Waals surface area contributed by atoms with Gasteiger partial charge in [-0.15, -0.1) is 13.2 Å². The minimum Gasteiger partial charge on any atom is -0.411 e. The molecule has 0 heterocycles. The number of alkyl halides is 3. The van der Waals surface area contributed by atoms with E-state index in [-0.39, 0.29) is 11.5 Å². The maximum atomic E-state index is 12.0. The Labute approximate surface area is 117 Å². The second kappa shape index (κ2) is 5.74. The van der Waals surface area contributed by atoms with Crippen LogP contribution in [0.5, 0.6) is 11.5 Å². The highest BCUT2D eigenvalue weighted by Gasteiger charge is 2.30. The van der Waals surface area contributed by atoms with Gasteiger partial charge in [0.15, 0.2) is 0 Å². The second-order valence-electron chi connectivity index (χ2n) is 4.02. The van der Waals surface area contributed by atoms with E-state index in [1.54, 1.807) is 12.1 Å². The topological polar surface area (TPSA) is 61.6 Å². The number of amides is 1. The third-order valence-corrected chi connectivity index (χ3v) is 2.49. The van der Waals surface area contributed by atoms with Crippen molar-refractivity contribution < 1.29 is 27.4 Å². The Morgan fingerprint density at radius 1 is 0.857 bits per heavy atom. The molecular formula is C14H10F3NO3. The van der Waals surface area contributed by atoms with Gasteiger partial charge in [0, 0.05) is 0 Å². The Balaban J connectivity index is 2.13. The molecule has 2 N–H and O–H groups in total. The number of hydrogen-bond acceptors (Lipinski definition) is 3. The lowest BCUT2D eigenvalue weighted by Gasteiger charge is -2.09. The van der Waals surface area contributed by atoms with Gasteiger partial charge in [-0.25, -0.2) is 4.79 Å². The number of rotatable bonds is 3. The van der Waals surface area contributed by atoms with Crippen LogP contribution in [0.15, 0.2) is 48.5 Å². The molecule has 0 saturated carbocycles. The quantitative estimate of drug-likeness (QED) is 0.939. The second-order valence-corrected chi connectivity index (χ2v) is 4.02. The molecule has 0 unspecified atom stereocenters. The summed E-state index contributed by atoms with van der Waals surface area (Å²) in [6.45, 7) is 0. The van der Waals surface area contributed by atoms with Gasteiger partial charge in [-0.1, -0.05) is 24.3 Å². The minimum absolute atomic E-state index is 0.281. The number of carbonyl (C=O) groups excluding carboxylic acids is 1. The summed E-state index contributed by atoms with van der Waals surface area (Å²) in [5.74, 6) is -0.0109. The average Bonchev–Trinajstić information content (AvgIpc) is 2.38. The predicted octanol–water partition coefficient (Wildman–Crippen LogP) is 3.71. The summed E-state index contributed by atoms with van der Waals surface area (Å²) in [6, 6.07) is 11.8. The molecule has 0 aliphatic rings. The molecule has 0 saturated heterocycles. The third kappa shape index (κ3) is 4.41. The first-order valence-corrected chi connectivity index (χ1v) is 5.77. The maximum Gasteiger partial charge on any atom is 0.573 e. The summed E-state index contributed by atoms with van der Waals surface area (Å²) in [4.78, 5) is 10.6. The highest BCUT2D eigenvalue weighted by Crippen LogP contribution is 2.27. The molecule has 2 rings (SSSR count). The van der Waals surface area contributed by atoms with Gasteiger partial charge in [-0.2, -0.15) is 0 Å². The number of carbonyl (C=O) groups is 1. The van der Waals surface area contributed by atoms with Crippen LogP contribution in [0.25, 0.3) is 11.1 Å². The lowest BCUT2D eigenvalue weighted by atomic mass is 10.1. The summed E-state index contributed by atoms with van der Waals surface area (Å²) >= 11 is 0. The molecule has 0 aliphatic heterocycles. The van der Waals surface area contributed by atoms with E-state index in [4.69, 9.17) is 5.73 Å². The first kappa shape index (κ1) is 14.7. The van der Waals surface area contributed by atoms with E-state index in [0.717, 1.165) is 5.56 Å². The molecule has 2 aromatic carbocycles. The molecule has 0 aliphatic carbocycles. The Bertz CT molecular complexity index is 621. The van der Waals surface area contributed by atoms with Gasteiger partial charge in [0.25, 0.3) is 0 Å². The first-order valence-electron chi connectivity index (χ1n) is 5.77. The summed E-state index contributed by atoms with van der Waals surface area (Å²) in [5.41, 5.74) is 6.30. The fourth-order valence-electron chi connectivity index (χ4n) is 1.68. The van der Waals surface area contributed by atoms with Crippen molar-refractivity contribution >= 4 is 6.09 Å². The van der Waals surface area contributed by atoms with Crippen molar-refractivity contribution in [2.24, 2.45) is 5.73 Å². The number of halogens is 3. The summed E-state index contributed by atoms with van der Waals surface area (Å²) < 4.78 is 44.6. The highest BCUT2D eigenvalue weighted by atomic mass is 19.4. The van der Waals surface area contributed by atoms with Crippen molar-refractivity contribution in [2.45, 2.75) is 6.36 Å². The predicted molar refractivity (Wildman–Crippen MR) is 68.8 cm³/mol. The molecule has 0 aromatic heterocycles. The van der Waals surface area contributed by atoms with Crippen molar-refractivity contribution in [2.75, 3.05) is 0 Å². The number of benzene rings is 2. The lowest BCUT2D eigenvalue weighted by molar-refractivity contribution is -0.274. The molecule has 0 radical (unpaired) electrons. The molecular weight excluding hydrogens is 287 g/mol. The van der Waals surface area contributed by atoms with Crippen LogP contribution in [0, 0.1) is 0 Å². The standard InChI is InChI=1S/C14H10F3NO3/c15-14(16,17)21-12-7-3-10(4-8-12)9-1-5-11(6-2-9)20-13(18)19/h1-8H,(H2,18,19). The van der Waals surface area contributed by atoms with E-state index in [9.17, 15) is 18.0 Å². The zero-order valence-electron chi connectivity index (χ0n) is 10.6. The molecule has 21 heavy (non-hydrogen) atoms. The molecule has 0 spiro atoms. The number of hydrogen-bond donors (Lipinski definition) is 1. The first-order chi connectivity index (χ1) is 9.83. The molecule has 7 heteroatoms. The zero-order valence-corrected chi connectivity index (χ0v) is 10.6. The number of nitrogens with two attached hydrogens (primary N) is 1. The van der Waals surface area contributed by atoms with Crippen molar-refractivity contribution in [1.82, 2.24) is 0 Å². The molecule has 0 fully saturated rings. The van der Waals surface area contributed by atoms with Crippen LogP contribution >= 0.6 is 0 Å².